The monoisotopic (exact) mass is 424 g/mol. The van der Waals surface area contributed by atoms with E-state index in [1.54, 1.807) is 19.1 Å². The molecule has 3 aromatic rings. The molecule has 0 aliphatic heterocycles. The Bertz CT molecular complexity index is 978. The van der Waals surface area contributed by atoms with E-state index in [0.29, 0.717) is 16.9 Å². The second kappa shape index (κ2) is 7.15. The first-order valence-electron chi connectivity index (χ1n) is 7.12. The summed E-state index contributed by atoms with van der Waals surface area (Å²) in [4.78, 5) is 11.8. The fourth-order valence-corrected chi connectivity index (χ4v) is 3.70. The van der Waals surface area contributed by atoms with Gasteiger partial charge in [-0.25, -0.2) is 28.1 Å². The van der Waals surface area contributed by atoms with Gasteiger partial charge >= 0.3 is 0 Å². The fraction of sp³-hybridized carbons (Fsp3) is 0.143. The lowest BCUT2D eigenvalue weighted by Gasteiger charge is -2.13. The average Bonchev–Trinajstić information content (AvgIpc) is 3.11. The molecule has 0 fully saturated rings. The first-order chi connectivity index (χ1) is 12.0. The van der Waals surface area contributed by atoms with E-state index in [4.69, 9.17) is 4.74 Å². The zero-order valence-corrected chi connectivity index (χ0v) is 15.4. The second-order valence-electron chi connectivity index (χ2n) is 4.73. The number of sulfonamides is 1. The molecule has 2 heterocycles. The third-order valence-corrected chi connectivity index (χ3v) is 4.91. The largest absolute Gasteiger partial charge is 0.492 e. The van der Waals surface area contributed by atoms with Crippen molar-refractivity contribution < 1.29 is 13.2 Å². The van der Waals surface area contributed by atoms with Gasteiger partial charge in [0.25, 0.3) is 10.0 Å². The van der Waals surface area contributed by atoms with Gasteiger partial charge in [0.15, 0.2) is 5.82 Å². The van der Waals surface area contributed by atoms with Crippen LogP contribution in [-0.2, 0) is 10.0 Å². The summed E-state index contributed by atoms with van der Waals surface area (Å²) < 4.78 is 35.3. The number of nitrogens with one attached hydrogen (secondary N) is 1. The number of benzene rings is 1. The topological polar surface area (TPSA) is 112 Å². The number of halogens is 1. The molecule has 0 unspecified atom stereocenters. The highest BCUT2D eigenvalue weighted by Crippen LogP contribution is 2.29. The maximum Gasteiger partial charge on any atom is 0.266 e. The van der Waals surface area contributed by atoms with Crippen LogP contribution < -0.4 is 9.46 Å². The minimum absolute atomic E-state index is 0.00430. The molecule has 0 atom stereocenters. The first-order valence-corrected chi connectivity index (χ1v) is 9.39. The Kier molecular flexibility index (Phi) is 4.95. The smallest absolute Gasteiger partial charge is 0.266 e. The lowest BCUT2D eigenvalue weighted by molar-refractivity contribution is 0.331. The van der Waals surface area contributed by atoms with E-state index in [2.05, 4.69) is 40.7 Å². The molecule has 0 radical (unpaired) electrons. The Morgan fingerprint density at radius 3 is 2.80 bits per heavy atom. The minimum Gasteiger partial charge on any atom is -0.492 e. The second-order valence-corrected chi connectivity index (χ2v) is 7.30. The Balaban J connectivity index is 1.95. The summed E-state index contributed by atoms with van der Waals surface area (Å²) in [5.74, 6) is 0.733. The molecule has 0 saturated carbocycles. The molecular weight excluding hydrogens is 412 g/mol. The Hall–Kier alpha value is -2.53. The van der Waals surface area contributed by atoms with Gasteiger partial charge in [0.1, 0.15) is 35.4 Å². The van der Waals surface area contributed by atoms with E-state index in [0.717, 1.165) is 0 Å². The van der Waals surface area contributed by atoms with Crippen LogP contribution in [0.4, 0.5) is 5.82 Å². The van der Waals surface area contributed by atoms with Crippen LogP contribution in [0.5, 0.6) is 5.75 Å². The van der Waals surface area contributed by atoms with E-state index >= 15 is 0 Å². The minimum atomic E-state index is -3.91. The fourth-order valence-electron chi connectivity index (χ4n) is 2.01. The molecule has 0 aliphatic carbocycles. The van der Waals surface area contributed by atoms with Gasteiger partial charge in [0.05, 0.1) is 6.61 Å². The van der Waals surface area contributed by atoms with Crippen LogP contribution in [0.1, 0.15) is 6.92 Å². The van der Waals surface area contributed by atoms with Crippen LogP contribution in [0.25, 0.3) is 5.82 Å². The summed E-state index contributed by atoms with van der Waals surface area (Å²) >= 11 is 3.27. The molecular formula is C14H13BrN6O3S. The predicted molar refractivity (Wildman–Crippen MR) is 93.1 cm³/mol. The Labute approximate surface area is 152 Å². The lowest BCUT2D eigenvalue weighted by Crippen LogP contribution is -2.16. The van der Waals surface area contributed by atoms with Crippen molar-refractivity contribution in [2.24, 2.45) is 0 Å². The van der Waals surface area contributed by atoms with Crippen LogP contribution in [0.2, 0.25) is 0 Å². The number of ether oxygens (including phenoxy) is 1. The molecule has 0 aliphatic rings. The van der Waals surface area contributed by atoms with E-state index in [1.165, 1.54) is 35.8 Å². The van der Waals surface area contributed by atoms with Crippen molar-refractivity contribution in [2.45, 2.75) is 11.8 Å². The SMILES string of the molecule is CCOc1ccc(Br)cc1S(=O)(=O)Nc1cc(-n2cncn2)ncn1. The van der Waals surface area contributed by atoms with Gasteiger partial charge in [-0.1, -0.05) is 15.9 Å². The quantitative estimate of drug-likeness (QED) is 0.643. The van der Waals surface area contributed by atoms with E-state index < -0.39 is 10.0 Å². The van der Waals surface area contributed by atoms with Crippen LogP contribution in [0.15, 0.2) is 52.6 Å². The Morgan fingerprint density at radius 2 is 2.08 bits per heavy atom. The first kappa shape index (κ1) is 17.3. The summed E-state index contributed by atoms with van der Waals surface area (Å²) in [6.45, 7) is 2.12. The van der Waals surface area contributed by atoms with Crippen molar-refractivity contribution in [3.63, 3.8) is 0 Å². The molecule has 0 bridgehead atoms. The molecule has 1 aromatic carbocycles. The molecule has 1 N–H and O–H groups in total. The number of hydrogen-bond acceptors (Lipinski definition) is 7. The van der Waals surface area contributed by atoms with Gasteiger partial charge in [-0.3, -0.25) is 4.72 Å². The molecule has 9 nitrogen and oxygen atoms in total. The normalized spacial score (nSPS) is 11.3. The zero-order chi connectivity index (χ0) is 17.9. The molecule has 3 rings (SSSR count). The van der Waals surface area contributed by atoms with Gasteiger partial charge in [0.2, 0.25) is 0 Å². The lowest BCUT2D eigenvalue weighted by atomic mass is 10.3. The standard InChI is InChI=1S/C14H13BrN6O3S/c1-2-24-11-4-3-10(15)5-12(11)25(22,23)20-13-6-14(18-8-17-13)21-9-16-7-19-21/h3-9H,2H2,1H3,(H,17,18,20). The van der Waals surface area contributed by atoms with Crippen LogP contribution in [0, 0.1) is 0 Å². The van der Waals surface area contributed by atoms with E-state index in [1.807, 2.05) is 0 Å². The third-order valence-electron chi connectivity index (χ3n) is 3.04. The van der Waals surface area contributed by atoms with Crippen molar-refractivity contribution in [1.82, 2.24) is 24.7 Å². The average molecular weight is 425 g/mol. The van der Waals surface area contributed by atoms with E-state index in [9.17, 15) is 8.42 Å². The highest BCUT2D eigenvalue weighted by molar-refractivity contribution is 9.10. The van der Waals surface area contributed by atoms with Gasteiger partial charge in [0, 0.05) is 10.5 Å². The number of hydrogen-bond donors (Lipinski definition) is 1. The molecule has 0 amide bonds. The summed E-state index contributed by atoms with van der Waals surface area (Å²) in [6.07, 6.45) is 4.03. The van der Waals surface area contributed by atoms with Crippen molar-refractivity contribution >= 4 is 31.8 Å². The number of anilines is 1. The van der Waals surface area contributed by atoms with Crippen LogP contribution >= 0.6 is 15.9 Å². The Morgan fingerprint density at radius 1 is 1.24 bits per heavy atom. The molecule has 0 spiro atoms. The highest BCUT2D eigenvalue weighted by atomic mass is 79.9. The number of aromatic nitrogens is 5. The summed E-state index contributed by atoms with van der Waals surface area (Å²) in [5, 5.41) is 3.94. The molecule has 25 heavy (non-hydrogen) atoms. The number of nitrogens with zero attached hydrogens (tertiary/aromatic N) is 5. The van der Waals surface area contributed by atoms with Crippen molar-refractivity contribution in [3.05, 3.63) is 47.7 Å². The van der Waals surface area contributed by atoms with Crippen molar-refractivity contribution in [3.8, 4) is 11.6 Å². The van der Waals surface area contributed by atoms with Crippen molar-refractivity contribution in [1.29, 1.82) is 0 Å². The predicted octanol–water partition coefficient (Wildman–Crippen LogP) is 2.02. The van der Waals surface area contributed by atoms with Crippen molar-refractivity contribution in [2.75, 3.05) is 11.3 Å². The maximum absolute atomic E-state index is 12.7. The van der Waals surface area contributed by atoms with Gasteiger partial charge in [-0.05, 0) is 25.1 Å². The molecule has 2 aromatic heterocycles. The maximum atomic E-state index is 12.7. The summed E-state index contributed by atoms with van der Waals surface area (Å²) in [6, 6.07) is 6.21. The van der Waals surface area contributed by atoms with Gasteiger partial charge in [-0.15, -0.1) is 0 Å². The van der Waals surface area contributed by atoms with Gasteiger partial charge < -0.3 is 4.74 Å². The van der Waals surface area contributed by atoms with Crippen LogP contribution in [-0.4, -0.2) is 39.8 Å². The zero-order valence-electron chi connectivity index (χ0n) is 13.0. The molecule has 130 valence electrons. The van der Waals surface area contributed by atoms with Gasteiger partial charge in [-0.2, -0.15) is 5.10 Å². The molecule has 0 saturated heterocycles. The highest BCUT2D eigenvalue weighted by Gasteiger charge is 2.21. The summed E-state index contributed by atoms with van der Waals surface area (Å²) in [7, 11) is -3.91. The summed E-state index contributed by atoms with van der Waals surface area (Å²) in [5.41, 5.74) is 0. The number of rotatable bonds is 6. The third kappa shape index (κ3) is 3.94. The van der Waals surface area contributed by atoms with E-state index in [-0.39, 0.29) is 16.5 Å². The van der Waals surface area contributed by atoms with Crippen LogP contribution in [0.3, 0.4) is 0 Å². The molecule has 11 heteroatoms.